The third-order valence-electron chi connectivity index (χ3n) is 4.57. The largest absolute Gasteiger partial charge is 0.240 e. The first kappa shape index (κ1) is 21.2. The molecule has 3 aromatic rings. The maximum atomic E-state index is 12.6. The number of primary sulfonamides is 1. The minimum absolute atomic E-state index is 0.0239. The minimum atomic E-state index is -3.98. The second-order valence-electron chi connectivity index (χ2n) is 6.58. The molecule has 0 saturated heterocycles. The summed E-state index contributed by atoms with van der Waals surface area (Å²) in [6.07, 6.45) is 0.544. The van der Waals surface area contributed by atoms with Gasteiger partial charge in [0.1, 0.15) is 0 Å². The van der Waals surface area contributed by atoms with E-state index < -0.39 is 20.0 Å². The van der Waals surface area contributed by atoms with Gasteiger partial charge in [-0.15, -0.1) is 0 Å². The second-order valence-corrected chi connectivity index (χ2v) is 9.91. The first-order chi connectivity index (χ1) is 13.8. The number of nitrogens with two attached hydrogens (primary N) is 1. The van der Waals surface area contributed by atoms with Crippen molar-refractivity contribution in [1.29, 1.82) is 0 Å². The van der Waals surface area contributed by atoms with Crippen LogP contribution in [0.2, 0.25) is 0 Å². The predicted octanol–water partition coefficient (Wildman–Crippen LogP) is 2.83. The van der Waals surface area contributed by atoms with Gasteiger partial charge >= 0.3 is 0 Å². The van der Waals surface area contributed by atoms with Crippen molar-refractivity contribution in [2.24, 2.45) is 5.14 Å². The number of sulfonamides is 2. The van der Waals surface area contributed by atoms with E-state index in [2.05, 4.69) is 4.72 Å². The molecule has 0 amide bonds. The third kappa shape index (κ3) is 5.51. The van der Waals surface area contributed by atoms with Gasteiger partial charge in [0, 0.05) is 12.5 Å². The fourth-order valence-electron chi connectivity index (χ4n) is 3.14. The summed E-state index contributed by atoms with van der Waals surface area (Å²) in [6, 6.07) is 24.8. The summed E-state index contributed by atoms with van der Waals surface area (Å²) in [5, 5.41) is 5.09. The van der Waals surface area contributed by atoms with Gasteiger partial charge in [-0.3, -0.25) is 0 Å². The van der Waals surface area contributed by atoms with Gasteiger partial charge in [0.15, 0.2) is 0 Å². The Labute approximate surface area is 171 Å². The van der Waals surface area contributed by atoms with E-state index in [0.29, 0.717) is 6.42 Å². The van der Waals surface area contributed by atoms with Crippen molar-refractivity contribution in [3.05, 3.63) is 96.1 Å². The molecular weight excluding hydrogens is 408 g/mol. The van der Waals surface area contributed by atoms with Gasteiger partial charge in [-0.25, -0.2) is 26.7 Å². The van der Waals surface area contributed by atoms with Gasteiger partial charge in [-0.1, -0.05) is 66.7 Å². The van der Waals surface area contributed by atoms with Crippen molar-refractivity contribution in [3.8, 4) is 0 Å². The Bertz CT molecular complexity index is 1120. The molecule has 0 fully saturated rings. The summed E-state index contributed by atoms with van der Waals surface area (Å²) in [5.74, 6) is 0.0239. The molecule has 29 heavy (non-hydrogen) atoms. The van der Waals surface area contributed by atoms with Gasteiger partial charge < -0.3 is 0 Å². The summed E-state index contributed by atoms with van der Waals surface area (Å²) in [6.45, 7) is 0.191. The Balaban J connectivity index is 1.77. The van der Waals surface area contributed by atoms with E-state index in [9.17, 15) is 16.8 Å². The van der Waals surface area contributed by atoms with Crippen LogP contribution in [0.25, 0.3) is 0 Å². The average Bonchev–Trinajstić information content (AvgIpc) is 2.72. The fourth-order valence-corrected chi connectivity index (χ4v) is 4.86. The lowest BCUT2D eigenvalue weighted by atomic mass is 9.89. The quantitative estimate of drug-likeness (QED) is 0.573. The van der Waals surface area contributed by atoms with Crippen LogP contribution in [0.1, 0.15) is 23.5 Å². The van der Waals surface area contributed by atoms with E-state index in [1.165, 1.54) is 18.2 Å². The summed E-state index contributed by atoms with van der Waals surface area (Å²) in [5.41, 5.74) is 2.18. The summed E-state index contributed by atoms with van der Waals surface area (Å²) >= 11 is 0. The molecule has 0 aliphatic carbocycles. The van der Waals surface area contributed by atoms with Gasteiger partial charge in [0.2, 0.25) is 20.0 Å². The number of hydrogen-bond donors (Lipinski definition) is 2. The normalized spacial score (nSPS) is 12.2. The van der Waals surface area contributed by atoms with E-state index in [4.69, 9.17) is 5.14 Å². The number of benzene rings is 3. The van der Waals surface area contributed by atoms with Crippen LogP contribution >= 0.6 is 0 Å². The molecule has 0 spiro atoms. The molecule has 0 unspecified atom stereocenters. The van der Waals surface area contributed by atoms with Gasteiger partial charge in [0.05, 0.1) is 9.79 Å². The first-order valence-electron chi connectivity index (χ1n) is 9.00. The maximum Gasteiger partial charge on any atom is 0.240 e. The topological polar surface area (TPSA) is 106 Å². The van der Waals surface area contributed by atoms with Gasteiger partial charge in [-0.05, 0) is 35.7 Å². The molecule has 3 N–H and O–H groups in total. The Kier molecular flexibility index (Phi) is 6.49. The van der Waals surface area contributed by atoms with Crippen molar-refractivity contribution in [3.63, 3.8) is 0 Å². The molecule has 3 aromatic carbocycles. The predicted molar refractivity (Wildman–Crippen MR) is 112 cm³/mol. The molecule has 0 radical (unpaired) electrons. The van der Waals surface area contributed by atoms with Crippen molar-refractivity contribution in [1.82, 2.24) is 4.72 Å². The zero-order chi connectivity index (χ0) is 20.9. The first-order valence-corrected chi connectivity index (χ1v) is 12.0. The highest BCUT2D eigenvalue weighted by Crippen LogP contribution is 2.27. The van der Waals surface area contributed by atoms with Crippen molar-refractivity contribution in [2.45, 2.75) is 22.1 Å². The molecule has 0 aliphatic rings. The molecule has 0 saturated carbocycles. The van der Waals surface area contributed by atoms with Crippen LogP contribution in [0.3, 0.4) is 0 Å². The van der Waals surface area contributed by atoms with E-state index in [1.807, 2.05) is 60.7 Å². The molecule has 0 bridgehead atoms. The van der Waals surface area contributed by atoms with Crippen LogP contribution < -0.4 is 9.86 Å². The molecule has 0 atom stereocenters. The van der Waals surface area contributed by atoms with Crippen LogP contribution in [0, 0.1) is 0 Å². The van der Waals surface area contributed by atoms with Crippen molar-refractivity contribution >= 4 is 20.0 Å². The lowest BCUT2D eigenvalue weighted by molar-refractivity contribution is 0.575. The van der Waals surface area contributed by atoms with Crippen LogP contribution in [-0.4, -0.2) is 23.4 Å². The Morgan fingerprint density at radius 1 is 0.724 bits per heavy atom. The SMILES string of the molecule is NS(=O)(=O)c1cccc(S(=O)(=O)NCCC(c2ccccc2)c2ccccc2)c1. The molecule has 0 aliphatic heterocycles. The zero-order valence-electron chi connectivity index (χ0n) is 15.6. The van der Waals surface area contributed by atoms with E-state index in [-0.39, 0.29) is 22.3 Å². The number of rotatable bonds is 8. The highest BCUT2D eigenvalue weighted by Gasteiger charge is 2.19. The van der Waals surface area contributed by atoms with E-state index in [0.717, 1.165) is 17.2 Å². The van der Waals surface area contributed by atoms with Crippen LogP contribution in [0.5, 0.6) is 0 Å². The summed E-state index contributed by atoms with van der Waals surface area (Å²) in [7, 11) is -7.86. The Hall–Kier alpha value is -2.52. The number of hydrogen-bond acceptors (Lipinski definition) is 4. The molecule has 6 nitrogen and oxygen atoms in total. The number of nitrogens with one attached hydrogen (secondary N) is 1. The zero-order valence-corrected chi connectivity index (χ0v) is 17.2. The molecule has 152 valence electrons. The molecule has 0 heterocycles. The van der Waals surface area contributed by atoms with Gasteiger partial charge in [-0.2, -0.15) is 0 Å². The fraction of sp³-hybridized carbons (Fsp3) is 0.143. The summed E-state index contributed by atoms with van der Waals surface area (Å²) < 4.78 is 50.8. The van der Waals surface area contributed by atoms with Crippen LogP contribution in [0.15, 0.2) is 94.7 Å². The summed E-state index contributed by atoms with van der Waals surface area (Å²) in [4.78, 5) is -0.383. The Morgan fingerprint density at radius 3 is 1.76 bits per heavy atom. The van der Waals surface area contributed by atoms with Crippen LogP contribution in [0.4, 0.5) is 0 Å². The average molecular weight is 431 g/mol. The van der Waals surface area contributed by atoms with Gasteiger partial charge in [0.25, 0.3) is 0 Å². The minimum Gasteiger partial charge on any atom is -0.225 e. The standard InChI is InChI=1S/C21H22N2O4S2/c22-28(24,25)19-12-7-13-20(16-19)29(26,27)23-15-14-21(17-8-3-1-4-9-17)18-10-5-2-6-11-18/h1-13,16,21,23H,14-15H2,(H2,22,24,25). The smallest absolute Gasteiger partial charge is 0.225 e. The Morgan fingerprint density at radius 2 is 1.24 bits per heavy atom. The molecular formula is C21H22N2O4S2. The molecule has 0 aromatic heterocycles. The molecule has 8 heteroatoms. The molecule has 3 rings (SSSR count). The monoisotopic (exact) mass is 430 g/mol. The lowest BCUT2D eigenvalue weighted by Crippen LogP contribution is -2.26. The maximum absolute atomic E-state index is 12.6. The van der Waals surface area contributed by atoms with Crippen molar-refractivity contribution in [2.75, 3.05) is 6.54 Å². The van der Waals surface area contributed by atoms with E-state index >= 15 is 0 Å². The second kappa shape index (κ2) is 8.87. The van der Waals surface area contributed by atoms with E-state index in [1.54, 1.807) is 0 Å². The van der Waals surface area contributed by atoms with Crippen LogP contribution in [-0.2, 0) is 20.0 Å². The lowest BCUT2D eigenvalue weighted by Gasteiger charge is -2.18. The van der Waals surface area contributed by atoms with Crippen molar-refractivity contribution < 1.29 is 16.8 Å². The third-order valence-corrected chi connectivity index (χ3v) is 6.94. The highest BCUT2D eigenvalue weighted by atomic mass is 32.2. The highest BCUT2D eigenvalue weighted by molar-refractivity contribution is 7.90.